The zero-order valence-corrected chi connectivity index (χ0v) is 11.9. The van der Waals surface area contributed by atoms with Crippen LogP contribution >= 0.6 is 0 Å². The minimum atomic E-state index is -0.491. The molecule has 1 heterocycles. The fraction of sp³-hybridized carbons (Fsp3) is 0.857. The molecule has 0 bridgehead atoms. The van der Waals surface area contributed by atoms with Gasteiger partial charge in [0.15, 0.2) is 0 Å². The second kappa shape index (κ2) is 6.01. The topological polar surface area (TPSA) is 83.8 Å². The fourth-order valence-corrected chi connectivity index (χ4v) is 2.28. The molecule has 110 valence electrons. The predicted molar refractivity (Wildman–Crippen MR) is 69.1 cm³/mol. The molecule has 5 heteroatoms. The maximum absolute atomic E-state index is 11.3. The zero-order chi connectivity index (χ0) is 14.7. The van der Waals surface area contributed by atoms with Crippen molar-refractivity contribution in [1.29, 1.82) is 0 Å². The molecule has 19 heavy (non-hydrogen) atoms. The van der Waals surface area contributed by atoms with Crippen LogP contribution in [0.4, 0.5) is 0 Å². The molecule has 1 aliphatic heterocycles. The number of cyclic esters (lactones) is 2. The number of ether oxygens (including phenoxy) is 1. The lowest BCUT2D eigenvalue weighted by Crippen LogP contribution is -2.33. The van der Waals surface area contributed by atoms with Crippen LogP contribution in [0.3, 0.4) is 0 Å². The van der Waals surface area contributed by atoms with Crippen molar-refractivity contribution in [2.24, 2.45) is 16.7 Å². The Morgan fingerprint density at radius 3 is 2.26 bits per heavy atom. The third-order valence-electron chi connectivity index (χ3n) is 4.01. The summed E-state index contributed by atoms with van der Waals surface area (Å²) in [6, 6.07) is 0. The van der Waals surface area contributed by atoms with Crippen LogP contribution in [0, 0.1) is 16.7 Å². The summed E-state index contributed by atoms with van der Waals surface area (Å²) in [6.07, 6.45) is 3.71. The molecule has 1 saturated carbocycles. The molecule has 2 N–H and O–H groups in total. The lowest BCUT2D eigenvalue weighted by atomic mass is 9.69. The highest BCUT2D eigenvalue weighted by Gasteiger charge is 2.54. The number of rotatable bonds is 2. The largest absolute Gasteiger partial charge is 0.396 e. The molecule has 1 saturated heterocycles. The van der Waals surface area contributed by atoms with Gasteiger partial charge in [0.1, 0.15) is 0 Å². The lowest BCUT2D eigenvalue weighted by Gasteiger charge is -2.29. The molecule has 0 aromatic rings. The second-order valence-corrected chi connectivity index (χ2v) is 6.40. The highest BCUT2D eigenvalue weighted by Crippen LogP contribution is 2.46. The molecular formula is C14H24O5. The summed E-state index contributed by atoms with van der Waals surface area (Å²) in [5.74, 6) is -0.766. The number of fused-ring (bicyclic) bond motifs is 1. The maximum atomic E-state index is 11.3. The van der Waals surface area contributed by atoms with E-state index in [1.807, 2.05) is 6.92 Å². The Morgan fingerprint density at radius 2 is 1.84 bits per heavy atom. The fourth-order valence-electron chi connectivity index (χ4n) is 2.28. The standard InChI is InChI=1S/C9H12O3.C5H12O2/c1-9-5-3-2-4-6(9)7(10)12-8(9)11;1-5(2,3-6)4-7/h6H,2-5H2,1H3;6-7H,3-4H2,1-2H3. The highest BCUT2D eigenvalue weighted by atomic mass is 16.6. The Balaban J connectivity index is 0.000000224. The van der Waals surface area contributed by atoms with Gasteiger partial charge in [0.05, 0.1) is 24.5 Å². The first-order valence-electron chi connectivity index (χ1n) is 6.75. The van der Waals surface area contributed by atoms with Crippen LogP contribution < -0.4 is 0 Å². The van der Waals surface area contributed by atoms with E-state index in [1.54, 1.807) is 13.8 Å². The van der Waals surface area contributed by atoms with E-state index in [0.717, 1.165) is 25.7 Å². The number of esters is 2. The van der Waals surface area contributed by atoms with E-state index in [9.17, 15) is 9.59 Å². The first kappa shape index (κ1) is 16.1. The van der Waals surface area contributed by atoms with E-state index >= 15 is 0 Å². The van der Waals surface area contributed by atoms with Gasteiger partial charge in [-0.25, -0.2) is 0 Å². The van der Waals surface area contributed by atoms with E-state index in [2.05, 4.69) is 4.74 Å². The van der Waals surface area contributed by atoms with Crippen molar-refractivity contribution in [3.05, 3.63) is 0 Å². The Morgan fingerprint density at radius 1 is 1.26 bits per heavy atom. The Hall–Kier alpha value is -0.940. The molecule has 2 fully saturated rings. The first-order valence-corrected chi connectivity index (χ1v) is 6.75. The van der Waals surface area contributed by atoms with Crippen LogP contribution in [-0.4, -0.2) is 35.4 Å². The summed E-state index contributed by atoms with van der Waals surface area (Å²) in [5.41, 5.74) is -0.796. The number of aliphatic hydroxyl groups is 2. The van der Waals surface area contributed by atoms with Crippen molar-refractivity contribution in [3.8, 4) is 0 Å². The quantitative estimate of drug-likeness (QED) is 0.584. The number of aliphatic hydroxyl groups excluding tert-OH is 2. The molecule has 1 aliphatic carbocycles. The second-order valence-electron chi connectivity index (χ2n) is 6.40. The van der Waals surface area contributed by atoms with Crippen LogP contribution in [0.5, 0.6) is 0 Å². The van der Waals surface area contributed by atoms with Crippen molar-refractivity contribution < 1.29 is 24.5 Å². The molecule has 0 radical (unpaired) electrons. The molecule has 0 aromatic carbocycles. The van der Waals surface area contributed by atoms with Crippen LogP contribution in [-0.2, 0) is 14.3 Å². The van der Waals surface area contributed by atoms with E-state index < -0.39 is 5.41 Å². The van der Waals surface area contributed by atoms with E-state index in [0.29, 0.717) is 0 Å². The lowest BCUT2D eigenvalue weighted by molar-refractivity contribution is -0.155. The molecular weight excluding hydrogens is 248 g/mol. The zero-order valence-electron chi connectivity index (χ0n) is 11.9. The third kappa shape index (κ3) is 3.54. The molecule has 2 unspecified atom stereocenters. The van der Waals surface area contributed by atoms with Crippen molar-refractivity contribution in [3.63, 3.8) is 0 Å². The Kier molecular flexibility index (Phi) is 5.10. The smallest absolute Gasteiger partial charge is 0.320 e. The average Bonchev–Trinajstić information content (AvgIpc) is 2.61. The van der Waals surface area contributed by atoms with Crippen LogP contribution in [0.15, 0.2) is 0 Å². The minimum Gasteiger partial charge on any atom is -0.396 e. The summed E-state index contributed by atoms with van der Waals surface area (Å²) in [5, 5.41) is 16.9. The van der Waals surface area contributed by atoms with E-state index in [-0.39, 0.29) is 36.5 Å². The Bertz CT molecular complexity index is 344. The van der Waals surface area contributed by atoms with Crippen LogP contribution in [0.2, 0.25) is 0 Å². The van der Waals surface area contributed by atoms with Gasteiger partial charge in [-0.15, -0.1) is 0 Å². The van der Waals surface area contributed by atoms with Gasteiger partial charge in [0.25, 0.3) is 0 Å². The van der Waals surface area contributed by atoms with Gasteiger partial charge in [0.2, 0.25) is 0 Å². The number of carbonyl (C=O) groups excluding carboxylic acids is 2. The minimum absolute atomic E-state index is 0.0451. The van der Waals surface area contributed by atoms with Gasteiger partial charge in [-0.1, -0.05) is 26.7 Å². The molecule has 5 nitrogen and oxygen atoms in total. The van der Waals surface area contributed by atoms with Gasteiger partial charge in [-0.3, -0.25) is 9.59 Å². The molecule has 2 aliphatic rings. The van der Waals surface area contributed by atoms with Crippen molar-refractivity contribution in [1.82, 2.24) is 0 Å². The Labute approximate surface area is 114 Å². The van der Waals surface area contributed by atoms with Crippen molar-refractivity contribution >= 4 is 11.9 Å². The predicted octanol–water partition coefficient (Wildman–Crippen LogP) is 1.26. The normalized spacial score (nSPS) is 30.3. The van der Waals surface area contributed by atoms with Gasteiger partial charge in [-0.2, -0.15) is 0 Å². The van der Waals surface area contributed by atoms with E-state index in [1.165, 1.54) is 0 Å². The van der Waals surface area contributed by atoms with E-state index in [4.69, 9.17) is 10.2 Å². The van der Waals surface area contributed by atoms with Crippen molar-refractivity contribution in [2.75, 3.05) is 13.2 Å². The maximum Gasteiger partial charge on any atom is 0.320 e. The number of hydrogen-bond donors (Lipinski definition) is 2. The molecule has 0 amide bonds. The third-order valence-corrected chi connectivity index (χ3v) is 4.01. The summed E-state index contributed by atoms with van der Waals surface area (Å²) >= 11 is 0. The summed E-state index contributed by atoms with van der Waals surface area (Å²) in [7, 11) is 0. The molecule has 0 aromatic heterocycles. The SMILES string of the molecule is CC(C)(CO)CO.CC12CCCCC1C(=O)OC2=O. The summed E-state index contributed by atoms with van der Waals surface area (Å²) < 4.78 is 4.63. The van der Waals surface area contributed by atoms with Crippen LogP contribution in [0.1, 0.15) is 46.5 Å². The average molecular weight is 272 g/mol. The molecule has 0 spiro atoms. The summed E-state index contributed by atoms with van der Waals surface area (Å²) in [6.45, 7) is 5.54. The number of carbonyl (C=O) groups is 2. The van der Waals surface area contributed by atoms with Crippen LogP contribution in [0.25, 0.3) is 0 Å². The number of hydrogen-bond acceptors (Lipinski definition) is 5. The van der Waals surface area contributed by atoms with Gasteiger partial charge < -0.3 is 14.9 Å². The first-order chi connectivity index (χ1) is 8.77. The van der Waals surface area contributed by atoms with Gasteiger partial charge in [-0.05, 0) is 19.8 Å². The van der Waals surface area contributed by atoms with Gasteiger partial charge in [0, 0.05) is 5.41 Å². The highest BCUT2D eigenvalue weighted by molar-refractivity contribution is 5.99. The molecule has 2 atom stereocenters. The van der Waals surface area contributed by atoms with Gasteiger partial charge >= 0.3 is 11.9 Å². The van der Waals surface area contributed by atoms with Crippen molar-refractivity contribution in [2.45, 2.75) is 46.5 Å². The molecule has 2 rings (SSSR count). The summed E-state index contributed by atoms with van der Waals surface area (Å²) in [4.78, 5) is 22.5. The monoisotopic (exact) mass is 272 g/mol.